The molecule has 0 spiro atoms. The van der Waals surface area contributed by atoms with Crippen molar-refractivity contribution in [2.75, 3.05) is 63.6 Å². The van der Waals surface area contributed by atoms with Crippen molar-refractivity contribution in [2.45, 2.75) is 18.6 Å². The minimum atomic E-state index is -0.505. The maximum Gasteiger partial charge on any atom is 0.248 e. The molecule has 0 radical (unpaired) electrons. The topological polar surface area (TPSA) is 91.9 Å². The normalized spacial score (nSPS) is 22.7. The maximum atomic E-state index is 13.7. The van der Waals surface area contributed by atoms with E-state index in [-0.39, 0.29) is 29.1 Å². The number of nitrogens with zero attached hydrogens (tertiary/aromatic N) is 4. The molecule has 3 aliphatic rings. The van der Waals surface area contributed by atoms with Crippen LogP contribution in [0.2, 0.25) is 5.02 Å². The van der Waals surface area contributed by atoms with E-state index in [2.05, 4.69) is 49.3 Å². The van der Waals surface area contributed by atoms with Gasteiger partial charge in [-0.1, -0.05) is 29.5 Å². The molecule has 1 aromatic heterocycles. The predicted octanol–water partition coefficient (Wildman–Crippen LogP) is 4.06. The number of aromatic nitrogens is 2. The molecular weight excluding hydrogens is 559 g/mol. The summed E-state index contributed by atoms with van der Waals surface area (Å²) in [6, 6.07) is 8.03. The van der Waals surface area contributed by atoms with E-state index in [9.17, 15) is 9.18 Å². The van der Waals surface area contributed by atoms with Crippen LogP contribution < -0.4 is 10.6 Å². The number of fused-ring (bicyclic) bond motifs is 2. The van der Waals surface area contributed by atoms with Gasteiger partial charge in [-0.15, -0.1) is 0 Å². The first-order valence-electron chi connectivity index (χ1n) is 14.1. The summed E-state index contributed by atoms with van der Waals surface area (Å²) >= 11 is 5.98. The highest BCUT2D eigenvalue weighted by Gasteiger charge is 2.35. The van der Waals surface area contributed by atoms with Crippen LogP contribution >= 0.6 is 11.6 Å². The van der Waals surface area contributed by atoms with Gasteiger partial charge < -0.3 is 25.0 Å². The quantitative estimate of drug-likeness (QED) is 0.328. The molecule has 3 saturated heterocycles. The summed E-state index contributed by atoms with van der Waals surface area (Å²) in [7, 11) is 2.09. The van der Waals surface area contributed by atoms with Crippen molar-refractivity contribution >= 4 is 45.6 Å². The van der Waals surface area contributed by atoms with E-state index in [1.165, 1.54) is 24.5 Å². The monoisotopic (exact) mass is 590 g/mol. The Morgan fingerprint density at radius 3 is 2.71 bits per heavy atom. The van der Waals surface area contributed by atoms with Gasteiger partial charge in [0.2, 0.25) is 5.91 Å². The van der Waals surface area contributed by atoms with Crippen LogP contribution in [0.25, 0.3) is 10.9 Å². The van der Waals surface area contributed by atoms with Gasteiger partial charge in [0.05, 0.1) is 47.2 Å². The van der Waals surface area contributed by atoms with Gasteiger partial charge >= 0.3 is 0 Å². The van der Waals surface area contributed by atoms with Crippen LogP contribution in [-0.4, -0.2) is 90.9 Å². The molecule has 0 bridgehead atoms. The predicted molar refractivity (Wildman–Crippen MR) is 160 cm³/mol. The van der Waals surface area contributed by atoms with Gasteiger partial charge in [0.15, 0.2) is 0 Å². The Morgan fingerprint density at radius 1 is 1.17 bits per heavy atom. The number of anilines is 3. The van der Waals surface area contributed by atoms with Crippen molar-refractivity contribution < 1.29 is 18.7 Å². The fraction of sp³-hybridized carbons (Fsp3) is 0.387. The van der Waals surface area contributed by atoms with Crippen molar-refractivity contribution in [2.24, 2.45) is 5.92 Å². The number of hydrogen-bond donors (Lipinski definition) is 2. The lowest BCUT2D eigenvalue weighted by atomic mass is 10.1. The third kappa shape index (κ3) is 6.72. The van der Waals surface area contributed by atoms with Crippen LogP contribution in [0.4, 0.5) is 21.6 Å². The van der Waals surface area contributed by atoms with Gasteiger partial charge in [-0.2, -0.15) is 0 Å². The van der Waals surface area contributed by atoms with Gasteiger partial charge in [0, 0.05) is 49.2 Å². The zero-order valence-electron chi connectivity index (χ0n) is 23.3. The van der Waals surface area contributed by atoms with Gasteiger partial charge in [0.1, 0.15) is 18.0 Å². The van der Waals surface area contributed by atoms with Crippen LogP contribution in [0.3, 0.4) is 0 Å². The fourth-order valence-corrected chi connectivity index (χ4v) is 5.70. The van der Waals surface area contributed by atoms with Crippen LogP contribution in [0, 0.1) is 23.6 Å². The van der Waals surface area contributed by atoms with Gasteiger partial charge in [-0.05, 0) is 50.3 Å². The average Bonchev–Trinajstić information content (AvgIpc) is 3.59. The molecule has 4 heterocycles. The number of carbonyl (C=O) groups is 1. The number of ether oxygens (including phenoxy) is 2. The van der Waals surface area contributed by atoms with Crippen molar-refractivity contribution in [3.05, 3.63) is 65.2 Å². The number of amides is 1. The standard InChI is InChI=1S/C31H32ClFN6O3/c1-38-10-8-20(16-38)4-5-21-13-27-23(31(35-19-34-27)36-22-6-7-25(33)24(32)14-22)15-26(21)37-30(40)3-2-9-39-17-28-29(18-39)42-12-11-41-28/h2-3,6-7,13-15,19-20,28-29H,8-12,16-18H2,1H3,(H,37,40)(H,34,35,36). The molecule has 218 valence electrons. The third-order valence-corrected chi connectivity index (χ3v) is 7.98. The molecule has 9 nitrogen and oxygen atoms in total. The first-order valence-corrected chi connectivity index (χ1v) is 14.4. The second kappa shape index (κ2) is 12.7. The van der Waals surface area contributed by atoms with Crippen molar-refractivity contribution in [1.29, 1.82) is 0 Å². The molecule has 3 unspecified atom stereocenters. The second-order valence-corrected chi connectivity index (χ2v) is 11.2. The molecule has 0 aliphatic carbocycles. The smallest absolute Gasteiger partial charge is 0.248 e. The summed E-state index contributed by atoms with van der Waals surface area (Å²) in [4.78, 5) is 26.4. The number of halogens is 2. The van der Waals surface area contributed by atoms with Gasteiger partial charge in [0.25, 0.3) is 0 Å². The lowest BCUT2D eigenvalue weighted by Crippen LogP contribution is -2.36. The molecular formula is C31H32ClFN6O3. The Balaban J connectivity index is 1.24. The molecule has 3 fully saturated rings. The molecule has 1 amide bonds. The van der Waals surface area contributed by atoms with E-state index >= 15 is 0 Å². The van der Waals surface area contributed by atoms with E-state index in [0.717, 1.165) is 32.6 Å². The molecule has 3 aliphatic heterocycles. The summed E-state index contributed by atoms with van der Waals surface area (Å²) in [5.74, 6) is 6.65. The summed E-state index contributed by atoms with van der Waals surface area (Å²) in [6.45, 7) is 5.37. The zero-order chi connectivity index (χ0) is 29.1. The highest BCUT2D eigenvalue weighted by molar-refractivity contribution is 6.31. The SMILES string of the molecule is CN1CCC(C#Cc2cc3ncnc(Nc4ccc(F)c(Cl)c4)c3cc2NC(=O)C=CCN2CC3OCCOC3C2)C1. The number of hydrogen-bond acceptors (Lipinski definition) is 8. The molecule has 3 aromatic rings. The summed E-state index contributed by atoms with van der Waals surface area (Å²) in [5, 5.41) is 6.87. The maximum absolute atomic E-state index is 13.7. The molecule has 2 N–H and O–H groups in total. The molecule has 0 saturated carbocycles. The highest BCUT2D eigenvalue weighted by Crippen LogP contribution is 2.30. The number of nitrogens with one attached hydrogen (secondary N) is 2. The van der Waals surface area contributed by atoms with E-state index < -0.39 is 5.82 Å². The van der Waals surface area contributed by atoms with Crippen molar-refractivity contribution in [3.63, 3.8) is 0 Å². The average molecular weight is 591 g/mol. The van der Waals surface area contributed by atoms with Gasteiger partial charge in [-0.25, -0.2) is 14.4 Å². The first-order chi connectivity index (χ1) is 20.4. The number of carbonyl (C=O) groups excluding carboxylic acids is 1. The lowest BCUT2D eigenvalue weighted by Gasteiger charge is -2.24. The zero-order valence-corrected chi connectivity index (χ0v) is 24.0. The van der Waals surface area contributed by atoms with E-state index in [1.54, 1.807) is 6.07 Å². The Bertz CT molecular complexity index is 1560. The molecule has 11 heteroatoms. The largest absolute Gasteiger partial charge is 0.372 e. The molecule has 42 heavy (non-hydrogen) atoms. The Hall–Kier alpha value is -3.59. The van der Waals surface area contributed by atoms with Crippen molar-refractivity contribution in [1.82, 2.24) is 19.8 Å². The van der Waals surface area contributed by atoms with E-state index in [1.807, 2.05) is 18.2 Å². The molecule has 3 atom stereocenters. The Labute approximate surface area is 249 Å². The lowest BCUT2D eigenvalue weighted by molar-refractivity contribution is -0.116. The van der Waals surface area contributed by atoms with E-state index in [0.29, 0.717) is 53.4 Å². The van der Waals surface area contributed by atoms with Crippen LogP contribution in [0.15, 0.2) is 48.8 Å². The van der Waals surface area contributed by atoms with Crippen LogP contribution in [0.1, 0.15) is 12.0 Å². The first kappa shape index (κ1) is 28.5. The van der Waals surface area contributed by atoms with Crippen LogP contribution in [-0.2, 0) is 14.3 Å². The van der Waals surface area contributed by atoms with E-state index in [4.69, 9.17) is 21.1 Å². The van der Waals surface area contributed by atoms with Crippen molar-refractivity contribution in [3.8, 4) is 11.8 Å². The second-order valence-electron chi connectivity index (χ2n) is 10.8. The van der Waals surface area contributed by atoms with Gasteiger partial charge in [-0.3, -0.25) is 9.69 Å². The summed E-state index contributed by atoms with van der Waals surface area (Å²) < 4.78 is 25.3. The Kier molecular flexibility index (Phi) is 8.65. The summed E-state index contributed by atoms with van der Waals surface area (Å²) in [5.41, 5.74) is 2.45. The minimum Gasteiger partial charge on any atom is -0.372 e. The third-order valence-electron chi connectivity index (χ3n) is 7.69. The number of rotatable bonds is 6. The fourth-order valence-electron chi connectivity index (χ4n) is 5.52. The number of benzene rings is 2. The minimum absolute atomic E-state index is 0.000893. The highest BCUT2D eigenvalue weighted by atomic mass is 35.5. The molecule has 6 rings (SSSR count). The summed E-state index contributed by atoms with van der Waals surface area (Å²) in [6.07, 6.45) is 6.03. The molecule has 2 aromatic carbocycles. The number of likely N-dealkylation sites (tertiary alicyclic amines) is 2. The van der Waals surface area contributed by atoms with Crippen LogP contribution in [0.5, 0.6) is 0 Å². The Morgan fingerprint density at radius 2 is 1.98 bits per heavy atom.